The molecule has 9 nitrogen and oxygen atoms in total. The number of carbonyl (C=O) groups excluding carboxylic acids is 4. The van der Waals surface area contributed by atoms with Crippen LogP contribution in [0, 0.1) is 0 Å². The highest BCUT2D eigenvalue weighted by Gasteiger charge is 2.14. The third-order valence-corrected chi connectivity index (χ3v) is 3.69. The Bertz CT molecular complexity index is 894. The number of esters is 1. The highest BCUT2D eigenvalue weighted by molar-refractivity contribution is 6.05. The smallest absolute Gasteiger partial charge is 0.325 e. The molecule has 9 heteroatoms. The molecule has 0 unspecified atom stereocenters. The van der Waals surface area contributed by atoms with Gasteiger partial charge in [0.1, 0.15) is 18.0 Å². The quantitative estimate of drug-likeness (QED) is 0.633. The average molecular weight is 400 g/mol. The number of amides is 3. The molecule has 0 heterocycles. The average Bonchev–Trinajstić information content (AvgIpc) is 2.76. The zero-order chi connectivity index (χ0) is 21.2. The van der Waals surface area contributed by atoms with Crippen LogP contribution < -0.4 is 20.1 Å². The van der Waals surface area contributed by atoms with Crippen molar-refractivity contribution in [2.45, 2.75) is 0 Å². The van der Waals surface area contributed by atoms with Crippen molar-refractivity contribution in [3.63, 3.8) is 0 Å². The highest BCUT2D eigenvalue weighted by Crippen LogP contribution is 2.12. The number of methoxy groups -OCH3 is 2. The van der Waals surface area contributed by atoms with Crippen molar-refractivity contribution in [2.75, 3.05) is 27.4 Å². The lowest BCUT2D eigenvalue weighted by atomic mass is 10.2. The van der Waals surface area contributed by atoms with Gasteiger partial charge in [-0.3, -0.25) is 24.5 Å². The number of imide groups is 1. The summed E-state index contributed by atoms with van der Waals surface area (Å²) in [5.74, 6) is -1.69. The van der Waals surface area contributed by atoms with Crippen LogP contribution in [0.1, 0.15) is 20.7 Å². The molecule has 0 spiro atoms. The van der Waals surface area contributed by atoms with Crippen LogP contribution >= 0.6 is 0 Å². The van der Waals surface area contributed by atoms with Crippen LogP contribution in [0.25, 0.3) is 0 Å². The Morgan fingerprint density at radius 1 is 0.828 bits per heavy atom. The maximum Gasteiger partial charge on any atom is 0.325 e. The lowest BCUT2D eigenvalue weighted by molar-refractivity contribution is -0.147. The first kappa shape index (κ1) is 21.4. The fourth-order valence-electron chi connectivity index (χ4n) is 2.19. The summed E-state index contributed by atoms with van der Waals surface area (Å²) in [6, 6.07) is 12.5. The van der Waals surface area contributed by atoms with Gasteiger partial charge >= 0.3 is 5.97 Å². The van der Waals surface area contributed by atoms with E-state index in [1.807, 2.05) is 0 Å². The second-order valence-electron chi connectivity index (χ2n) is 5.68. The van der Waals surface area contributed by atoms with Gasteiger partial charge in [0.2, 0.25) is 0 Å². The molecule has 0 aliphatic rings. The van der Waals surface area contributed by atoms with Gasteiger partial charge < -0.3 is 19.5 Å². The number of nitrogens with one attached hydrogen (secondary N) is 2. The van der Waals surface area contributed by atoms with E-state index >= 15 is 0 Å². The lowest BCUT2D eigenvalue weighted by Gasteiger charge is -2.08. The Kier molecular flexibility index (Phi) is 7.72. The van der Waals surface area contributed by atoms with E-state index in [2.05, 4.69) is 10.6 Å². The SMILES string of the molecule is COc1ccc(C(=O)NC(=O)COC(=O)CNC(=O)c2cccc(OC)c2)cc1. The molecule has 0 atom stereocenters. The van der Waals surface area contributed by atoms with Gasteiger partial charge in [0, 0.05) is 11.1 Å². The van der Waals surface area contributed by atoms with Gasteiger partial charge in [-0.05, 0) is 42.5 Å². The van der Waals surface area contributed by atoms with Gasteiger partial charge in [-0.25, -0.2) is 0 Å². The zero-order valence-corrected chi connectivity index (χ0v) is 15.9. The second kappa shape index (κ2) is 10.5. The number of carbonyl (C=O) groups is 4. The summed E-state index contributed by atoms with van der Waals surface area (Å²) in [6.45, 7) is -1.09. The Morgan fingerprint density at radius 2 is 1.52 bits per heavy atom. The molecule has 29 heavy (non-hydrogen) atoms. The molecule has 0 aliphatic carbocycles. The highest BCUT2D eigenvalue weighted by atomic mass is 16.5. The molecule has 0 aliphatic heterocycles. The van der Waals surface area contributed by atoms with Gasteiger partial charge in [0.25, 0.3) is 17.7 Å². The summed E-state index contributed by atoms with van der Waals surface area (Å²) >= 11 is 0. The van der Waals surface area contributed by atoms with E-state index in [4.69, 9.17) is 14.2 Å². The molecule has 2 N–H and O–H groups in total. The molecular formula is C20H20N2O7. The molecule has 152 valence electrons. The first-order valence-electron chi connectivity index (χ1n) is 8.49. The number of hydrogen-bond donors (Lipinski definition) is 2. The minimum absolute atomic E-state index is 0.246. The minimum Gasteiger partial charge on any atom is -0.497 e. The Balaban J connectivity index is 1.74. The van der Waals surface area contributed by atoms with Crippen LogP contribution in [0.3, 0.4) is 0 Å². The number of hydrogen-bond acceptors (Lipinski definition) is 7. The van der Waals surface area contributed by atoms with E-state index < -0.39 is 36.8 Å². The molecule has 2 rings (SSSR count). The largest absolute Gasteiger partial charge is 0.497 e. The molecule has 0 fully saturated rings. The topological polar surface area (TPSA) is 120 Å². The molecule has 0 aromatic heterocycles. The van der Waals surface area contributed by atoms with Crippen LogP contribution in [0.5, 0.6) is 11.5 Å². The van der Waals surface area contributed by atoms with Crippen LogP contribution in [0.15, 0.2) is 48.5 Å². The molecule has 0 saturated carbocycles. The minimum atomic E-state index is -0.826. The summed E-state index contributed by atoms with van der Waals surface area (Å²) in [6.07, 6.45) is 0. The Hall–Kier alpha value is -3.88. The van der Waals surface area contributed by atoms with E-state index in [1.165, 1.54) is 32.4 Å². The number of benzene rings is 2. The Morgan fingerprint density at radius 3 is 2.17 bits per heavy atom. The first-order chi connectivity index (χ1) is 13.9. The van der Waals surface area contributed by atoms with Crippen molar-refractivity contribution in [1.29, 1.82) is 0 Å². The van der Waals surface area contributed by atoms with Crippen LogP contribution in [-0.2, 0) is 14.3 Å². The molecule has 0 radical (unpaired) electrons. The third kappa shape index (κ3) is 6.65. The zero-order valence-electron chi connectivity index (χ0n) is 15.9. The van der Waals surface area contributed by atoms with Crippen molar-refractivity contribution in [2.24, 2.45) is 0 Å². The van der Waals surface area contributed by atoms with E-state index in [0.29, 0.717) is 17.1 Å². The predicted octanol–water partition coefficient (Wildman–Crippen LogP) is 0.933. The van der Waals surface area contributed by atoms with Crippen molar-refractivity contribution in [1.82, 2.24) is 10.6 Å². The molecular weight excluding hydrogens is 380 g/mol. The summed E-state index contributed by atoms with van der Waals surface area (Å²) in [5.41, 5.74) is 0.552. The van der Waals surface area contributed by atoms with Gasteiger partial charge in [0.05, 0.1) is 14.2 Å². The van der Waals surface area contributed by atoms with Crippen molar-refractivity contribution < 1.29 is 33.4 Å². The Labute approximate surface area is 166 Å². The van der Waals surface area contributed by atoms with Gasteiger partial charge in [-0.2, -0.15) is 0 Å². The second-order valence-corrected chi connectivity index (χ2v) is 5.68. The third-order valence-electron chi connectivity index (χ3n) is 3.69. The summed E-state index contributed by atoms with van der Waals surface area (Å²) in [7, 11) is 2.96. The van der Waals surface area contributed by atoms with Crippen LogP contribution in [-0.4, -0.2) is 51.1 Å². The maximum atomic E-state index is 12.0. The summed E-state index contributed by atoms with van der Waals surface area (Å²) in [4.78, 5) is 47.4. The normalized spacial score (nSPS) is 9.86. The standard InChI is InChI=1S/C20H20N2O7/c1-27-15-8-6-13(7-9-15)20(26)22-17(23)12-29-18(24)11-21-19(25)14-4-3-5-16(10-14)28-2/h3-10H,11-12H2,1-2H3,(H,21,25)(H,22,23,26). The van der Waals surface area contributed by atoms with Crippen LogP contribution in [0.2, 0.25) is 0 Å². The van der Waals surface area contributed by atoms with Crippen molar-refractivity contribution >= 4 is 23.7 Å². The molecule has 2 aromatic rings. The molecule has 0 saturated heterocycles. The molecule has 2 aromatic carbocycles. The maximum absolute atomic E-state index is 12.0. The monoisotopic (exact) mass is 400 g/mol. The number of ether oxygens (including phenoxy) is 3. The fourth-order valence-corrected chi connectivity index (χ4v) is 2.19. The van der Waals surface area contributed by atoms with E-state index in [0.717, 1.165) is 0 Å². The van der Waals surface area contributed by atoms with Crippen molar-refractivity contribution in [3.05, 3.63) is 59.7 Å². The predicted molar refractivity (Wildman–Crippen MR) is 102 cm³/mol. The van der Waals surface area contributed by atoms with E-state index in [-0.39, 0.29) is 5.56 Å². The first-order valence-corrected chi connectivity index (χ1v) is 8.49. The lowest BCUT2D eigenvalue weighted by Crippen LogP contribution is -2.36. The fraction of sp³-hybridized carbons (Fsp3) is 0.200. The summed E-state index contributed by atoms with van der Waals surface area (Å²) < 4.78 is 14.7. The van der Waals surface area contributed by atoms with E-state index in [9.17, 15) is 19.2 Å². The molecule has 0 bridgehead atoms. The van der Waals surface area contributed by atoms with Gasteiger partial charge in [-0.1, -0.05) is 6.07 Å². The van der Waals surface area contributed by atoms with Gasteiger partial charge in [0.15, 0.2) is 6.61 Å². The molecule has 3 amide bonds. The van der Waals surface area contributed by atoms with Gasteiger partial charge in [-0.15, -0.1) is 0 Å². The van der Waals surface area contributed by atoms with Crippen LogP contribution in [0.4, 0.5) is 0 Å². The van der Waals surface area contributed by atoms with Crippen molar-refractivity contribution in [3.8, 4) is 11.5 Å². The number of rotatable bonds is 8. The summed E-state index contributed by atoms with van der Waals surface area (Å²) in [5, 5.41) is 4.47. The van der Waals surface area contributed by atoms with E-state index in [1.54, 1.807) is 30.3 Å².